The van der Waals surface area contributed by atoms with E-state index < -0.39 is 0 Å². The lowest BCUT2D eigenvalue weighted by Gasteiger charge is -2.23. The fraction of sp³-hybridized carbons (Fsp3) is 0.308. The monoisotopic (exact) mass is 433 g/mol. The summed E-state index contributed by atoms with van der Waals surface area (Å²) >= 11 is 0. The van der Waals surface area contributed by atoms with Gasteiger partial charge in [0.15, 0.2) is 0 Å². The van der Waals surface area contributed by atoms with Crippen molar-refractivity contribution in [1.29, 1.82) is 0 Å². The summed E-state index contributed by atoms with van der Waals surface area (Å²) in [6.45, 7) is 4.08. The Morgan fingerprint density at radius 3 is 2.50 bits per heavy atom. The standard InChI is InChI=1S/C25H27N3O2.CH4O/c1-17-13-20(25(29)28-15-18-5-3-2-4-6-18)7-8-22(17)23-14-21(16-27-24(23)26)19-9-11-30-12-10-19;1-2/h2-8,13-14,16,19H,9-12,15H2,1H3,(H2,26,27)(H,28,29);2H,1H3. The Balaban J connectivity index is 0.00000141. The highest BCUT2D eigenvalue weighted by molar-refractivity contribution is 5.95. The van der Waals surface area contributed by atoms with Crippen LogP contribution < -0.4 is 11.1 Å². The highest BCUT2D eigenvalue weighted by atomic mass is 16.5. The summed E-state index contributed by atoms with van der Waals surface area (Å²) in [5.41, 5.74) is 12.1. The summed E-state index contributed by atoms with van der Waals surface area (Å²) in [5, 5.41) is 9.98. The van der Waals surface area contributed by atoms with Crippen LogP contribution in [0, 0.1) is 6.92 Å². The van der Waals surface area contributed by atoms with Gasteiger partial charge in [-0.1, -0.05) is 36.4 Å². The minimum absolute atomic E-state index is 0.0874. The molecule has 1 aliphatic rings. The highest BCUT2D eigenvalue weighted by Gasteiger charge is 2.19. The maximum atomic E-state index is 12.6. The Bertz CT molecular complexity index is 1030. The van der Waals surface area contributed by atoms with Crippen LogP contribution in [-0.4, -0.2) is 36.3 Å². The highest BCUT2D eigenvalue weighted by Crippen LogP contribution is 2.33. The van der Waals surface area contributed by atoms with Crippen LogP contribution >= 0.6 is 0 Å². The van der Waals surface area contributed by atoms with E-state index in [9.17, 15) is 4.79 Å². The fourth-order valence-electron chi connectivity index (χ4n) is 3.95. The third kappa shape index (κ3) is 5.72. The summed E-state index contributed by atoms with van der Waals surface area (Å²) in [6, 6.07) is 17.8. The number of carbonyl (C=O) groups is 1. The zero-order chi connectivity index (χ0) is 22.9. The van der Waals surface area contributed by atoms with Gasteiger partial charge in [-0.2, -0.15) is 0 Å². The lowest BCUT2D eigenvalue weighted by Crippen LogP contribution is -2.22. The predicted octanol–water partition coefficient (Wildman–Crippen LogP) is 4.07. The summed E-state index contributed by atoms with van der Waals surface area (Å²) in [4.78, 5) is 17.0. The van der Waals surface area contributed by atoms with Gasteiger partial charge in [-0.05, 0) is 66.1 Å². The van der Waals surface area contributed by atoms with Gasteiger partial charge in [0.25, 0.3) is 5.91 Å². The molecular formula is C26H31N3O3. The van der Waals surface area contributed by atoms with Crippen molar-refractivity contribution in [2.45, 2.75) is 32.2 Å². The Morgan fingerprint density at radius 2 is 1.81 bits per heavy atom. The van der Waals surface area contributed by atoms with Crippen molar-refractivity contribution in [3.8, 4) is 11.1 Å². The normalized spacial score (nSPS) is 13.7. The van der Waals surface area contributed by atoms with Gasteiger partial charge in [-0.15, -0.1) is 0 Å². The number of amides is 1. The van der Waals surface area contributed by atoms with Crippen molar-refractivity contribution in [2.75, 3.05) is 26.1 Å². The Labute approximate surface area is 189 Å². The lowest BCUT2D eigenvalue weighted by molar-refractivity contribution is 0.0853. The Kier molecular flexibility index (Phi) is 8.36. The summed E-state index contributed by atoms with van der Waals surface area (Å²) in [7, 11) is 1.00. The molecule has 168 valence electrons. The molecule has 0 bridgehead atoms. The average molecular weight is 434 g/mol. The van der Waals surface area contributed by atoms with E-state index in [0.717, 1.165) is 55.4 Å². The Morgan fingerprint density at radius 1 is 1.09 bits per heavy atom. The minimum Gasteiger partial charge on any atom is -0.400 e. The molecule has 2 heterocycles. The number of benzene rings is 2. The van der Waals surface area contributed by atoms with Gasteiger partial charge < -0.3 is 20.9 Å². The maximum Gasteiger partial charge on any atom is 0.251 e. The maximum absolute atomic E-state index is 12.6. The van der Waals surface area contributed by atoms with Gasteiger partial charge in [-0.25, -0.2) is 4.98 Å². The first-order chi connectivity index (χ1) is 15.6. The van der Waals surface area contributed by atoms with Crippen LogP contribution in [-0.2, 0) is 11.3 Å². The number of nitrogen functional groups attached to an aromatic ring is 1. The molecule has 1 aliphatic heterocycles. The number of rotatable bonds is 5. The van der Waals surface area contributed by atoms with E-state index in [2.05, 4.69) is 16.4 Å². The van der Waals surface area contributed by atoms with Gasteiger partial charge in [0.1, 0.15) is 5.82 Å². The number of pyridine rings is 1. The quantitative estimate of drug-likeness (QED) is 0.563. The topological polar surface area (TPSA) is 97.5 Å². The van der Waals surface area contributed by atoms with E-state index in [0.29, 0.717) is 23.8 Å². The summed E-state index contributed by atoms with van der Waals surface area (Å²) in [5.74, 6) is 0.875. The van der Waals surface area contributed by atoms with Crippen LogP contribution in [0.1, 0.15) is 45.8 Å². The number of aliphatic hydroxyl groups excluding tert-OH is 1. The molecule has 0 saturated carbocycles. The van der Waals surface area contributed by atoms with Crippen LogP contribution in [0.15, 0.2) is 60.8 Å². The van der Waals surface area contributed by atoms with Gasteiger partial charge in [0.2, 0.25) is 0 Å². The zero-order valence-electron chi connectivity index (χ0n) is 18.7. The second-order valence-corrected chi connectivity index (χ2v) is 7.79. The Hall–Kier alpha value is -3.22. The number of carbonyl (C=O) groups excluding carboxylic acids is 1. The van der Waals surface area contributed by atoms with E-state index in [1.54, 1.807) is 0 Å². The molecule has 6 heteroatoms. The number of ether oxygens (including phenoxy) is 1. The lowest BCUT2D eigenvalue weighted by atomic mass is 9.90. The number of nitrogens with two attached hydrogens (primary N) is 1. The fourth-order valence-corrected chi connectivity index (χ4v) is 3.95. The van der Waals surface area contributed by atoms with Crippen LogP contribution in [0.3, 0.4) is 0 Å². The molecule has 1 amide bonds. The molecule has 0 aliphatic carbocycles. The molecular weight excluding hydrogens is 402 g/mol. The van der Waals surface area contributed by atoms with Crippen LogP contribution in [0.4, 0.5) is 5.82 Å². The van der Waals surface area contributed by atoms with Crippen LogP contribution in [0.25, 0.3) is 11.1 Å². The first-order valence-electron chi connectivity index (χ1n) is 10.8. The van der Waals surface area contributed by atoms with Crippen molar-refractivity contribution in [3.05, 3.63) is 83.0 Å². The molecule has 4 rings (SSSR count). The number of aryl methyl sites for hydroxylation is 1. The van der Waals surface area contributed by atoms with E-state index in [-0.39, 0.29) is 5.91 Å². The molecule has 3 aromatic rings. The van der Waals surface area contributed by atoms with Crippen LogP contribution in [0.2, 0.25) is 0 Å². The number of hydrogen-bond donors (Lipinski definition) is 3. The molecule has 2 aromatic carbocycles. The molecule has 6 nitrogen and oxygen atoms in total. The zero-order valence-corrected chi connectivity index (χ0v) is 18.7. The number of nitrogens with zero attached hydrogens (tertiary/aromatic N) is 1. The minimum atomic E-state index is -0.0874. The molecule has 1 saturated heterocycles. The number of hydrogen-bond acceptors (Lipinski definition) is 5. The summed E-state index contributed by atoms with van der Waals surface area (Å²) in [6.07, 6.45) is 3.89. The first kappa shape index (κ1) is 23.4. The largest absolute Gasteiger partial charge is 0.400 e. The van der Waals surface area contributed by atoms with Crippen molar-refractivity contribution < 1.29 is 14.6 Å². The van der Waals surface area contributed by atoms with Gasteiger partial charge in [0.05, 0.1) is 0 Å². The number of nitrogens with one attached hydrogen (secondary N) is 1. The van der Waals surface area contributed by atoms with Gasteiger partial charge in [0, 0.05) is 44.2 Å². The second kappa shape index (κ2) is 11.4. The molecule has 0 radical (unpaired) electrons. The third-order valence-corrected chi connectivity index (χ3v) is 5.71. The molecule has 0 unspecified atom stereocenters. The third-order valence-electron chi connectivity index (χ3n) is 5.71. The van der Waals surface area contributed by atoms with Crippen molar-refractivity contribution in [3.63, 3.8) is 0 Å². The SMILES string of the molecule is CO.Cc1cc(C(=O)NCc2ccccc2)ccc1-c1cc(C2CCOCC2)cnc1N. The molecule has 0 atom stereocenters. The summed E-state index contributed by atoms with van der Waals surface area (Å²) < 4.78 is 5.48. The van der Waals surface area contributed by atoms with E-state index in [4.69, 9.17) is 15.6 Å². The average Bonchev–Trinajstić information content (AvgIpc) is 2.85. The van der Waals surface area contributed by atoms with E-state index in [1.165, 1.54) is 5.56 Å². The van der Waals surface area contributed by atoms with E-state index >= 15 is 0 Å². The van der Waals surface area contributed by atoms with Gasteiger partial charge >= 0.3 is 0 Å². The van der Waals surface area contributed by atoms with Gasteiger partial charge in [-0.3, -0.25) is 4.79 Å². The molecule has 1 aromatic heterocycles. The smallest absolute Gasteiger partial charge is 0.251 e. The number of anilines is 1. The number of aliphatic hydroxyl groups is 1. The van der Waals surface area contributed by atoms with Crippen molar-refractivity contribution in [1.82, 2.24) is 10.3 Å². The van der Waals surface area contributed by atoms with Crippen molar-refractivity contribution >= 4 is 11.7 Å². The second-order valence-electron chi connectivity index (χ2n) is 7.79. The van der Waals surface area contributed by atoms with E-state index in [1.807, 2.05) is 61.7 Å². The predicted molar refractivity (Wildman–Crippen MR) is 127 cm³/mol. The van der Waals surface area contributed by atoms with Crippen molar-refractivity contribution in [2.24, 2.45) is 0 Å². The molecule has 32 heavy (non-hydrogen) atoms. The first-order valence-corrected chi connectivity index (χ1v) is 10.8. The molecule has 1 fully saturated rings. The number of aromatic nitrogens is 1. The molecule has 4 N–H and O–H groups in total. The molecule has 0 spiro atoms. The van der Waals surface area contributed by atoms with Crippen LogP contribution in [0.5, 0.6) is 0 Å².